The molecule has 4 bridgehead atoms. The summed E-state index contributed by atoms with van der Waals surface area (Å²) in [5.41, 5.74) is -0.309. The molecular formula is C18H21BrN4O4. The number of benzene rings is 1. The van der Waals surface area contributed by atoms with Gasteiger partial charge in [-0.25, -0.2) is 4.79 Å². The minimum atomic E-state index is -0.666. The van der Waals surface area contributed by atoms with Gasteiger partial charge in [-0.05, 0) is 62.3 Å². The SMILES string of the molecule is O=C(N=NCc1cc(Br)cc([N+](=O)[O-])c1O)NC12CC3CC(CC(C3)C1)C2. The van der Waals surface area contributed by atoms with E-state index in [1.54, 1.807) is 0 Å². The summed E-state index contributed by atoms with van der Waals surface area (Å²) in [4.78, 5) is 22.6. The van der Waals surface area contributed by atoms with Gasteiger partial charge < -0.3 is 10.4 Å². The Hall–Kier alpha value is -2.03. The van der Waals surface area contributed by atoms with E-state index in [0.29, 0.717) is 22.2 Å². The Labute approximate surface area is 164 Å². The Morgan fingerprint density at radius 2 is 1.85 bits per heavy atom. The Kier molecular flexibility index (Phi) is 4.65. The Bertz CT molecular complexity index is 791. The first-order valence-electron chi connectivity index (χ1n) is 9.19. The summed E-state index contributed by atoms with van der Waals surface area (Å²) in [7, 11) is 0. The fourth-order valence-electron chi connectivity index (χ4n) is 5.59. The second-order valence-corrected chi connectivity index (χ2v) is 9.13. The zero-order valence-electron chi connectivity index (χ0n) is 14.7. The zero-order valence-corrected chi connectivity index (χ0v) is 16.3. The van der Waals surface area contributed by atoms with E-state index in [2.05, 4.69) is 31.5 Å². The number of halogens is 1. The fraction of sp³-hybridized carbons (Fsp3) is 0.611. The quantitative estimate of drug-likeness (QED) is 0.404. The lowest BCUT2D eigenvalue weighted by Gasteiger charge is -2.56. The number of rotatable bonds is 4. The maximum atomic E-state index is 12.3. The van der Waals surface area contributed by atoms with Crippen molar-refractivity contribution in [3.63, 3.8) is 0 Å². The Morgan fingerprint density at radius 1 is 1.26 bits per heavy atom. The van der Waals surface area contributed by atoms with Crippen molar-refractivity contribution in [2.75, 3.05) is 0 Å². The molecule has 0 aliphatic heterocycles. The van der Waals surface area contributed by atoms with Crippen LogP contribution in [0.15, 0.2) is 26.8 Å². The first kappa shape index (κ1) is 18.3. The second kappa shape index (κ2) is 6.85. The molecule has 4 aliphatic rings. The molecule has 9 heteroatoms. The fourth-order valence-corrected chi connectivity index (χ4v) is 6.08. The van der Waals surface area contributed by atoms with Crippen molar-refractivity contribution >= 4 is 27.6 Å². The molecule has 2 amide bonds. The summed E-state index contributed by atoms with van der Waals surface area (Å²) in [5, 5.41) is 31.6. The number of hydrogen-bond acceptors (Lipinski definition) is 5. The van der Waals surface area contributed by atoms with Crippen molar-refractivity contribution in [2.45, 2.75) is 50.6 Å². The highest BCUT2D eigenvalue weighted by Crippen LogP contribution is 2.55. The molecular weight excluding hydrogens is 416 g/mol. The van der Waals surface area contributed by atoms with Crippen LogP contribution in [0.4, 0.5) is 10.5 Å². The zero-order chi connectivity index (χ0) is 19.2. The smallest absolute Gasteiger partial charge is 0.359 e. The highest BCUT2D eigenvalue weighted by atomic mass is 79.9. The third kappa shape index (κ3) is 3.69. The number of nitro benzene ring substituents is 1. The number of hydrogen-bond donors (Lipinski definition) is 2. The molecule has 0 radical (unpaired) electrons. The lowest BCUT2D eigenvalue weighted by atomic mass is 9.53. The highest BCUT2D eigenvalue weighted by Gasteiger charge is 2.51. The van der Waals surface area contributed by atoms with Gasteiger partial charge in [0.25, 0.3) is 0 Å². The average molecular weight is 437 g/mol. The van der Waals surface area contributed by atoms with Crippen LogP contribution in [0.25, 0.3) is 0 Å². The summed E-state index contributed by atoms with van der Waals surface area (Å²) in [6, 6.07) is 2.27. The van der Waals surface area contributed by atoms with Gasteiger partial charge in [0, 0.05) is 21.6 Å². The number of amides is 2. The minimum Gasteiger partial charge on any atom is -0.502 e. The lowest BCUT2D eigenvalue weighted by Crippen LogP contribution is -2.59. The lowest BCUT2D eigenvalue weighted by molar-refractivity contribution is -0.386. The van der Waals surface area contributed by atoms with Gasteiger partial charge in [-0.3, -0.25) is 10.1 Å². The van der Waals surface area contributed by atoms with E-state index in [1.807, 2.05) is 0 Å². The van der Waals surface area contributed by atoms with Gasteiger partial charge in [0.05, 0.1) is 11.5 Å². The summed E-state index contributed by atoms with van der Waals surface area (Å²) in [5.74, 6) is 1.69. The van der Waals surface area contributed by atoms with Gasteiger partial charge in [0.2, 0.25) is 0 Å². The van der Waals surface area contributed by atoms with Gasteiger partial charge in [0.1, 0.15) is 0 Å². The van der Waals surface area contributed by atoms with Crippen molar-refractivity contribution in [3.05, 3.63) is 32.3 Å². The van der Waals surface area contributed by atoms with Gasteiger partial charge in [-0.15, -0.1) is 0 Å². The molecule has 0 aromatic heterocycles. The molecule has 5 rings (SSSR count). The maximum Gasteiger partial charge on any atom is 0.359 e. The molecule has 4 aliphatic carbocycles. The van der Waals surface area contributed by atoms with E-state index in [4.69, 9.17) is 0 Å². The van der Waals surface area contributed by atoms with E-state index in [-0.39, 0.29) is 17.6 Å². The number of carbonyl (C=O) groups excluding carboxylic acids is 1. The van der Waals surface area contributed by atoms with Crippen molar-refractivity contribution in [3.8, 4) is 5.75 Å². The van der Waals surface area contributed by atoms with Crippen LogP contribution in [0.1, 0.15) is 44.1 Å². The predicted octanol–water partition coefficient (Wildman–Crippen LogP) is 4.69. The van der Waals surface area contributed by atoms with Gasteiger partial charge >= 0.3 is 11.7 Å². The summed E-state index contributed by atoms with van der Waals surface area (Å²) in [6.07, 6.45) is 6.95. The number of nitro groups is 1. The Balaban J connectivity index is 1.41. The molecule has 1 aromatic rings. The number of phenolic OH excluding ortho intramolecular Hbond substituents is 1. The largest absolute Gasteiger partial charge is 0.502 e. The van der Waals surface area contributed by atoms with E-state index in [0.717, 1.165) is 19.3 Å². The van der Waals surface area contributed by atoms with E-state index >= 15 is 0 Å². The van der Waals surface area contributed by atoms with Crippen molar-refractivity contribution in [1.82, 2.24) is 5.32 Å². The standard InChI is InChI=1S/C18H21BrN4O4/c19-14-4-13(16(24)15(5-14)23(26)27)9-20-22-17(25)21-18-6-10-1-11(7-18)3-12(2-10)8-18/h4-5,10-12,24H,1-3,6-9H2,(H,21,25). The number of urea groups is 1. The van der Waals surface area contributed by atoms with E-state index < -0.39 is 22.4 Å². The molecule has 27 heavy (non-hydrogen) atoms. The third-order valence-corrected chi connectivity index (χ3v) is 6.60. The molecule has 2 N–H and O–H groups in total. The first-order valence-corrected chi connectivity index (χ1v) is 9.98. The summed E-state index contributed by atoms with van der Waals surface area (Å²) < 4.78 is 0.454. The monoisotopic (exact) mass is 436 g/mol. The topological polar surface area (TPSA) is 117 Å². The van der Waals surface area contributed by atoms with Crippen LogP contribution in [0.2, 0.25) is 0 Å². The third-order valence-electron chi connectivity index (χ3n) is 6.14. The van der Waals surface area contributed by atoms with Gasteiger partial charge in [-0.1, -0.05) is 21.0 Å². The molecule has 0 atom stereocenters. The first-order chi connectivity index (χ1) is 12.8. The predicted molar refractivity (Wildman–Crippen MR) is 100 cm³/mol. The van der Waals surface area contributed by atoms with Crippen LogP contribution < -0.4 is 5.32 Å². The molecule has 144 valence electrons. The number of nitrogens with one attached hydrogen (secondary N) is 1. The molecule has 1 aromatic carbocycles. The van der Waals surface area contributed by atoms with Crippen molar-refractivity contribution in [2.24, 2.45) is 28.0 Å². The number of nitrogens with zero attached hydrogens (tertiary/aromatic N) is 3. The molecule has 0 unspecified atom stereocenters. The molecule has 8 nitrogen and oxygen atoms in total. The van der Waals surface area contributed by atoms with Crippen LogP contribution in [0.5, 0.6) is 5.75 Å². The summed E-state index contributed by atoms with van der Waals surface area (Å²) >= 11 is 3.17. The van der Waals surface area contributed by atoms with Crippen LogP contribution in [0, 0.1) is 27.9 Å². The molecule has 0 saturated heterocycles. The minimum absolute atomic E-state index is 0.111. The Morgan fingerprint density at radius 3 is 2.41 bits per heavy atom. The molecule has 4 saturated carbocycles. The van der Waals surface area contributed by atoms with E-state index in [9.17, 15) is 20.0 Å². The molecule has 0 heterocycles. The average Bonchev–Trinajstić information content (AvgIpc) is 2.55. The molecule has 0 spiro atoms. The van der Waals surface area contributed by atoms with Crippen LogP contribution in [-0.2, 0) is 6.54 Å². The second-order valence-electron chi connectivity index (χ2n) is 8.22. The number of carbonyl (C=O) groups is 1. The normalized spacial score (nSPS) is 31.4. The maximum absolute atomic E-state index is 12.3. The van der Waals surface area contributed by atoms with Gasteiger partial charge in [-0.2, -0.15) is 5.11 Å². The molecule has 4 fully saturated rings. The van der Waals surface area contributed by atoms with Crippen molar-refractivity contribution < 1.29 is 14.8 Å². The van der Waals surface area contributed by atoms with Crippen molar-refractivity contribution in [1.29, 1.82) is 0 Å². The highest BCUT2D eigenvalue weighted by molar-refractivity contribution is 9.10. The number of aromatic hydroxyl groups is 1. The number of phenols is 1. The van der Waals surface area contributed by atoms with Crippen LogP contribution in [0.3, 0.4) is 0 Å². The van der Waals surface area contributed by atoms with Gasteiger partial charge in [0.15, 0.2) is 5.75 Å². The van der Waals surface area contributed by atoms with Crippen LogP contribution in [-0.4, -0.2) is 21.6 Å². The summed E-state index contributed by atoms with van der Waals surface area (Å²) in [6.45, 7) is -0.111. The number of azo groups is 1. The van der Waals surface area contributed by atoms with E-state index in [1.165, 1.54) is 31.4 Å². The van der Waals surface area contributed by atoms with Crippen LogP contribution >= 0.6 is 15.9 Å².